The number of aromatic nitrogens is 1. The molecule has 0 saturated carbocycles. The number of pyridine rings is 1. The largest absolute Gasteiger partial charge is 0.466 e. The summed E-state index contributed by atoms with van der Waals surface area (Å²) in [6, 6.07) is 0.407. The highest BCUT2D eigenvalue weighted by atomic mass is 19.4. The molecule has 1 aromatic heterocycles. The first-order valence-electron chi connectivity index (χ1n) is 5.86. The number of halogens is 6. The summed E-state index contributed by atoms with van der Waals surface area (Å²) >= 11 is 0. The van der Waals surface area contributed by atoms with Crippen molar-refractivity contribution in [1.82, 2.24) is 4.98 Å². The molecule has 0 fully saturated rings. The fourth-order valence-electron chi connectivity index (χ4n) is 1.35. The Labute approximate surface area is 120 Å². The van der Waals surface area contributed by atoms with Gasteiger partial charge < -0.3 is 4.74 Å². The molecule has 1 heterocycles. The lowest BCUT2D eigenvalue weighted by molar-refractivity contribution is -0.142. The lowest BCUT2D eigenvalue weighted by Crippen LogP contribution is -2.26. The molecular formula is C12H10F6N2O2. The Morgan fingerprint density at radius 2 is 1.86 bits per heavy atom. The van der Waals surface area contributed by atoms with Crippen LogP contribution in [0.4, 0.5) is 32.0 Å². The fourth-order valence-corrected chi connectivity index (χ4v) is 1.35. The van der Waals surface area contributed by atoms with Crippen LogP contribution in [0.2, 0.25) is 0 Å². The maximum absolute atomic E-state index is 12.8. The van der Waals surface area contributed by atoms with Crippen molar-refractivity contribution < 1.29 is 35.9 Å². The molecule has 0 aromatic carbocycles. The van der Waals surface area contributed by atoms with Crippen molar-refractivity contribution in [3.05, 3.63) is 24.0 Å². The normalized spacial score (nSPS) is 13.1. The first-order chi connectivity index (χ1) is 10.0. The van der Waals surface area contributed by atoms with Crippen LogP contribution >= 0.6 is 0 Å². The lowest BCUT2D eigenvalue weighted by Gasteiger charge is -2.11. The van der Waals surface area contributed by atoms with Gasteiger partial charge >= 0.3 is 18.3 Å². The standard InChI is InChI=1S/C12H10F6N2O2/c1-2-22-10(21)4-9(12(16,17)18)20-8-3-7(5-19-6-8)11(13,14)15/h3,5-6H,2,4H2,1H3. The van der Waals surface area contributed by atoms with E-state index in [2.05, 4.69) is 14.7 Å². The maximum atomic E-state index is 12.8. The van der Waals surface area contributed by atoms with E-state index < -0.39 is 41.7 Å². The molecule has 0 amide bonds. The second-order valence-electron chi connectivity index (χ2n) is 3.97. The SMILES string of the molecule is CCOC(=O)CC(=Nc1cncc(C(F)(F)F)c1)C(F)(F)F. The van der Waals surface area contributed by atoms with Crippen LogP contribution in [0.3, 0.4) is 0 Å². The second-order valence-corrected chi connectivity index (χ2v) is 3.97. The van der Waals surface area contributed by atoms with E-state index in [9.17, 15) is 31.1 Å². The van der Waals surface area contributed by atoms with Gasteiger partial charge in [-0.15, -0.1) is 0 Å². The van der Waals surface area contributed by atoms with Gasteiger partial charge in [0, 0.05) is 6.20 Å². The first-order valence-corrected chi connectivity index (χ1v) is 5.86. The molecule has 0 N–H and O–H groups in total. The summed E-state index contributed by atoms with van der Waals surface area (Å²) in [5.74, 6) is -1.18. The summed E-state index contributed by atoms with van der Waals surface area (Å²) < 4.78 is 80.0. The van der Waals surface area contributed by atoms with E-state index in [0.717, 1.165) is 6.20 Å². The average Bonchev–Trinajstić information content (AvgIpc) is 2.36. The lowest BCUT2D eigenvalue weighted by atomic mass is 10.2. The Morgan fingerprint density at radius 3 is 2.36 bits per heavy atom. The van der Waals surface area contributed by atoms with E-state index in [1.54, 1.807) is 0 Å². The summed E-state index contributed by atoms with van der Waals surface area (Å²) in [5, 5.41) is 0. The highest BCUT2D eigenvalue weighted by Gasteiger charge is 2.37. The molecule has 0 unspecified atom stereocenters. The van der Waals surface area contributed by atoms with Crippen molar-refractivity contribution in [2.75, 3.05) is 6.61 Å². The number of hydrogen-bond donors (Lipinski definition) is 0. The third kappa shape index (κ3) is 5.34. The second kappa shape index (κ2) is 6.75. The Hall–Kier alpha value is -2.13. The van der Waals surface area contributed by atoms with Gasteiger partial charge in [0.15, 0.2) is 0 Å². The van der Waals surface area contributed by atoms with Gasteiger partial charge in [0.2, 0.25) is 0 Å². The number of ether oxygens (including phenoxy) is 1. The maximum Gasteiger partial charge on any atom is 0.430 e. The predicted molar refractivity (Wildman–Crippen MR) is 63.6 cm³/mol. The summed E-state index contributed by atoms with van der Waals surface area (Å²) in [5.41, 5.74) is -3.47. The van der Waals surface area contributed by atoms with Crippen LogP contribution in [0, 0.1) is 0 Å². The molecule has 1 aromatic rings. The Kier molecular flexibility index (Phi) is 5.50. The minimum atomic E-state index is -4.99. The fraction of sp³-hybridized carbons (Fsp3) is 0.417. The van der Waals surface area contributed by atoms with Gasteiger partial charge in [-0.05, 0) is 13.0 Å². The Bertz CT molecular complexity index is 565. The van der Waals surface area contributed by atoms with Crippen molar-refractivity contribution in [3.8, 4) is 0 Å². The Morgan fingerprint density at radius 1 is 1.23 bits per heavy atom. The van der Waals surface area contributed by atoms with Gasteiger partial charge in [-0.2, -0.15) is 26.3 Å². The molecule has 0 aliphatic carbocycles. The van der Waals surface area contributed by atoms with Gasteiger partial charge in [0.1, 0.15) is 5.71 Å². The molecule has 0 spiro atoms. The van der Waals surface area contributed by atoms with Gasteiger partial charge in [-0.25, -0.2) is 4.99 Å². The molecule has 0 saturated heterocycles. The quantitative estimate of drug-likeness (QED) is 0.481. The molecule has 0 aliphatic heterocycles. The number of carbonyl (C=O) groups is 1. The molecule has 122 valence electrons. The zero-order valence-corrected chi connectivity index (χ0v) is 11.1. The number of carbonyl (C=O) groups excluding carboxylic acids is 1. The van der Waals surface area contributed by atoms with E-state index >= 15 is 0 Å². The number of alkyl halides is 6. The molecule has 0 bridgehead atoms. The summed E-state index contributed by atoms with van der Waals surface area (Å²) in [7, 11) is 0. The number of hydrogen-bond acceptors (Lipinski definition) is 4. The van der Waals surface area contributed by atoms with E-state index in [1.807, 2.05) is 0 Å². The molecule has 4 nitrogen and oxygen atoms in total. The van der Waals surface area contributed by atoms with Gasteiger partial charge in [0.05, 0.1) is 30.5 Å². The zero-order valence-electron chi connectivity index (χ0n) is 11.1. The molecule has 0 aliphatic rings. The summed E-state index contributed by atoms with van der Waals surface area (Å²) in [6.07, 6.45) is -9.77. The molecular weight excluding hydrogens is 318 g/mol. The third-order valence-electron chi connectivity index (χ3n) is 2.26. The molecule has 22 heavy (non-hydrogen) atoms. The van der Waals surface area contributed by atoms with Crippen LogP contribution in [-0.4, -0.2) is 29.4 Å². The minimum absolute atomic E-state index is 0.130. The van der Waals surface area contributed by atoms with Gasteiger partial charge in [-0.3, -0.25) is 9.78 Å². The number of esters is 1. The number of rotatable bonds is 4. The summed E-state index contributed by atoms with van der Waals surface area (Å²) in [6.45, 7) is 1.27. The highest BCUT2D eigenvalue weighted by molar-refractivity contribution is 6.03. The van der Waals surface area contributed by atoms with Crippen molar-refractivity contribution in [1.29, 1.82) is 0 Å². The van der Waals surface area contributed by atoms with Crippen molar-refractivity contribution >= 4 is 17.4 Å². The van der Waals surface area contributed by atoms with E-state index in [1.165, 1.54) is 6.92 Å². The summed E-state index contributed by atoms with van der Waals surface area (Å²) in [4.78, 5) is 17.4. The van der Waals surface area contributed by atoms with Crippen LogP contribution in [0.25, 0.3) is 0 Å². The number of aliphatic imine (C=N–C) groups is 1. The van der Waals surface area contributed by atoms with Crippen LogP contribution in [0.1, 0.15) is 18.9 Å². The van der Waals surface area contributed by atoms with E-state index in [4.69, 9.17) is 0 Å². The smallest absolute Gasteiger partial charge is 0.430 e. The highest BCUT2D eigenvalue weighted by Crippen LogP contribution is 2.31. The van der Waals surface area contributed by atoms with Gasteiger partial charge in [0.25, 0.3) is 0 Å². The monoisotopic (exact) mass is 328 g/mol. The molecule has 0 radical (unpaired) electrons. The molecule has 10 heteroatoms. The first kappa shape index (κ1) is 17.9. The van der Waals surface area contributed by atoms with Crippen LogP contribution in [0.15, 0.2) is 23.5 Å². The molecule has 1 rings (SSSR count). The van der Waals surface area contributed by atoms with Crippen LogP contribution < -0.4 is 0 Å². The van der Waals surface area contributed by atoms with Gasteiger partial charge in [-0.1, -0.05) is 0 Å². The van der Waals surface area contributed by atoms with Crippen LogP contribution in [-0.2, 0) is 15.7 Å². The van der Waals surface area contributed by atoms with Crippen molar-refractivity contribution in [3.63, 3.8) is 0 Å². The zero-order chi connectivity index (χ0) is 17.0. The van der Waals surface area contributed by atoms with Crippen molar-refractivity contribution in [2.24, 2.45) is 4.99 Å². The van der Waals surface area contributed by atoms with E-state index in [0.29, 0.717) is 12.3 Å². The van der Waals surface area contributed by atoms with Crippen molar-refractivity contribution in [2.45, 2.75) is 25.7 Å². The predicted octanol–water partition coefficient (Wildman–Crippen LogP) is 3.69. The number of nitrogens with zero attached hydrogens (tertiary/aromatic N) is 2. The Balaban J connectivity index is 3.15. The van der Waals surface area contributed by atoms with E-state index in [-0.39, 0.29) is 6.61 Å². The topological polar surface area (TPSA) is 51.5 Å². The average molecular weight is 328 g/mol. The van der Waals surface area contributed by atoms with Crippen LogP contribution in [0.5, 0.6) is 0 Å². The molecule has 0 atom stereocenters. The third-order valence-corrected chi connectivity index (χ3v) is 2.26. The minimum Gasteiger partial charge on any atom is -0.466 e.